The van der Waals surface area contributed by atoms with Crippen LogP contribution in [0.25, 0.3) is 32.8 Å². The van der Waals surface area contributed by atoms with Gasteiger partial charge in [0.1, 0.15) is 17.1 Å². The summed E-state index contributed by atoms with van der Waals surface area (Å²) < 4.78 is 16.8. The topological polar surface area (TPSA) is 96.3 Å². The summed E-state index contributed by atoms with van der Waals surface area (Å²) in [6.45, 7) is 2.58. The van der Waals surface area contributed by atoms with E-state index in [4.69, 9.17) is 21.6 Å². The molecule has 0 bridgehead atoms. The molecule has 212 valence electrons. The minimum absolute atomic E-state index is 0.0145. The van der Waals surface area contributed by atoms with E-state index in [1.54, 1.807) is 12.1 Å². The van der Waals surface area contributed by atoms with Crippen LogP contribution in [0.2, 0.25) is 5.02 Å². The summed E-state index contributed by atoms with van der Waals surface area (Å²) in [7, 11) is 4.06. The summed E-state index contributed by atoms with van der Waals surface area (Å²) in [6, 6.07) is 12.7. The molecule has 2 aliphatic heterocycles. The monoisotopic (exact) mass is 576 g/mol. The van der Waals surface area contributed by atoms with Crippen molar-refractivity contribution in [3.63, 3.8) is 0 Å². The number of hydrogen-bond donors (Lipinski definition) is 2. The summed E-state index contributed by atoms with van der Waals surface area (Å²) in [5.74, 6) is 0.455. The van der Waals surface area contributed by atoms with Crippen molar-refractivity contribution in [3.8, 4) is 16.9 Å². The normalized spacial score (nSPS) is 18.5. The first kappa shape index (κ1) is 26.0. The van der Waals surface area contributed by atoms with Crippen LogP contribution >= 0.6 is 11.6 Å². The first-order valence-corrected chi connectivity index (χ1v) is 14.1. The van der Waals surface area contributed by atoms with Crippen LogP contribution in [-0.2, 0) is 0 Å². The lowest BCUT2D eigenvalue weighted by Crippen LogP contribution is -2.58. The minimum Gasteiger partial charge on any atom is -0.508 e. The maximum absolute atomic E-state index is 16.8. The lowest BCUT2D eigenvalue weighted by molar-refractivity contribution is 0.132. The van der Waals surface area contributed by atoms with Gasteiger partial charge in [0.25, 0.3) is 0 Å². The third-order valence-corrected chi connectivity index (χ3v) is 9.15. The highest BCUT2D eigenvalue weighted by molar-refractivity contribution is 6.35. The maximum Gasteiger partial charge on any atom is 0.407 e. The van der Waals surface area contributed by atoms with Crippen molar-refractivity contribution in [3.05, 3.63) is 53.3 Å². The van der Waals surface area contributed by atoms with E-state index in [0.29, 0.717) is 48.4 Å². The van der Waals surface area contributed by atoms with E-state index in [1.807, 2.05) is 43.3 Å². The Kier molecular flexibility index (Phi) is 5.92. The number of aromatic hydroxyl groups is 1. The van der Waals surface area contributed by atoms with Gasteiger partial charge in [0.2, 0.25) is 5.95 Å². The second kappa shape index (κ2) is 9.32. The first-order chi connectivity index (χ1) is 19.6. The van der Waals surface area contributed by atoms with E-state index in [9.17, 15) is 15.0 Å². The van der Waals surface area contributed by atoms with Crippen LogP contribution in [0.5, 0.6) is 5.75 Å². The highest BCUT2D eigenvalue weighted by Crippen LogP contribution is 2.49. The molecule has 7 rings (SSSR count). The molecule has 0 unspecified atom stereocenters. The van der Waals surface area contributed by atoms with E-state index in [2.05, 4.69) is 9.80 Å². The van der Waals surface area contributed by atoms with Gasteiger partial charge >= 0.3 is 6.09 Å². The van der Waals surface area contributed by atoms with Crippen molar-refractivity contribution in [2.45, 2.75) is 24.4 Å². The van der Waals surface area contributed by atoms with Gasteiger partial charge in [-0.25, -0.2) is 14.2 Å². The van der Waals surface area contributed by atoms with Gasteiger partial charge in [0.05, 0.1) is 10.6 Å². The highest BCUT2D eigenvalue weighted by Gasteiger charge is 2.53. The van der Waals surface area contributed by atoms with Gasteiger partial charge < -0.3 is 29.8 Å². The number of benzene rings is 3. The second-order valence-electron chi connectivity index (χ2n) is 11.6. The molecule has 4 aromatic rings. The zero-order valence-corrected chi connectivity index (χ0v) is 23.6. The molecule has 1 spiro atoms. The zero-order valence-electron chi connectivity index (χ0n) is 22.8. The molecule has 0 atom stereocenters. The number of phenolic OH excluding ortho intramolecular Hbond substituents is 1. The van der Waals surface area contributed by atoms with E-state index < -0.39 is 11.9 Å². The van der Waals surface area contributed by atoms with Crippen LogP contribution in [-0.4, -0.2) is 94.5 Å². The van der Waals surface area contributed by atoms with Crippen LogP contribution in [0.15, 0.2) is 42.5 Å². The zero-order chi connectivity index (χ0) is 28.6. The number of rotatable bonds is 4. The second-order valence-corrected chi connectivity index (χ2v) is 12.0. The molecule has 3 heterocycles. The number of phenols is 1. The van der Waals surface area contributed by atoms with Crippen LogP contribution < -0.4 is 9.80 Å². The molecule has 41 heavy (non-hydrogen) atoms. The number of amides is 1. The molecule has 2 N–H and O–H groups in total. The number of halogens is 2. The summed E-state index contributed by atoms with van der Waals surface area (Å²) >= 11 is 6.86. The summed E-state index contributed by atoms with van der Waals surface area (Å²) in [4.78, 5) is 29.3. The smallest absolute Gasteiger partial charge is 0.407 e. The predicted octanol–water partition coefficient (Wildman–Crippen LogP) is 5.03. The number of likely N-dealkylation sites (N-methyl/N-ethyl adjacent to an activating group) is 1. The summed E-state index contributed by atoms with van der Waals surface area (Å²) in [5, 5.41) is 22.3. The molecule has 1 saturated carbocycles. The SMILES string of the molecule is CN(C)C1CN(c2nc(N3CCN(C(=O)O)CC34CC4)c3cc(Cl)c(-c4cc(O)cc5ccccc45)c(F)c3n2)C1. The lowest BCUT2D eigenvalue weighted by Gasteiger charge is -2.44. The molecule has 1 aromatic heterocycles. The quantitative estimate of drug-likeness (QED) is 0.349. The third-order valence-electron chi connectivity index (χ3n) is 8.85. The Bertz CT molecular complexity index is 1720. The number of carbonyl (C=O) groups is 1. The van der Waals surface area contributed by atoms with Crippen molar-refractivity contribution in [2.75, 3.05) is 56.6 Å². The molecule has 1 aliphatic carbocycles. The van der Waals surface area contributed by atoms with E-state index >= 15 is 4.39 Å². The van der Waals surface area contributed by atoms with Crippen molar-refractivity contribution < 1.29 is 19.4 Å². The molecular formula is C30H30ClFN6O3. The number of nitrogens with zero attached hydrogens (tertiary/aromatic N) is 6. The summed E-state index contributed by atoms with van der Waals surface area (Å²) in [5.41, 5.74) is 0.437. The number of hydrogen-bond acceptors (Lipinski definition) is 7. The average molecular weight is 577 g/mol. The number of aromatic nitrogens is 2. The molecule has 2 saturated heterocycles. The van der Waals surface area contributed by atoms with Gasteiger partial charge in [0, 0.05) is 49.7 Å². The van der Waals surface area contributed by atoms with Crippen molar-refractivity contribution in [2.24, 2.45) is 0 Å². The fourth-order valence-electron chi connectivity index (χ4n) is 6.25. The fourth-order valence-corrected chi connectivity index (χ4v) is 6.55. The molecule has 1 amide bonds. The first-order valence-electron chi connectivity index (χ1n) is 13.7. The van der Waals surface area contributed by atoms with Crippen LogP contribution in [0.1, 0.15) is 12.8 Å². The molecule has 3 fully saturated rings. The van der Waals surface area contributed by atoms with Crippen molar-refractivity contribution in [1.29, 1.82) is 0 Å². The highest BCUT2D eigenvalue weighted by atomic mass is 35.5. The molecule has 3 aromatic carbocycles. The molecule has 3 aliphatic rings. The Morgan fingerprint density at radius 3 is 2.56 bits per heavy atom. The van der Waals surface area contributed by atoms with Crippen molar-refractivity contribution in [1.82, 2.24) is 19.8 Å². The Morgan fingerprint density at radius 1 is 1.10 bits per heavy atom. The molecule has 9 nitrogen and oxygen atoms in total. The van der Waals surface area contributed by atoms with Crippen LogP contribution in [0, 0.1) is 5.82 Å². The standard InChI is InChI=1S/C30H30ClFN6O3/c1-35(2)18-14-37(15-18)28-33-26-22(27(34-28)38-10-9-36(29(40)41)16-30(38)7-8-30)13-23(31)24(25(26)32)21-12-19(39)11-17-5-3-4-6-20(17)21/h3-6,11-13,18,39H,7-10,14-16H2,1-2H3,(H,40,41). The van der Waals surface area contributed by atoms with Crippen LogP contribution in [0.3, 0.4) is 0 Å². The Morgan fingerprint density at radius 2 is 1.85 bits per heavy atom. The van der Waals surface area contributed by atoms with E-state index in [1.165, 1.54) is 11.0 Å². The predicted molar refractivity (Wildman–Crippen MR) is 158 cm³/mol. The Labute approximate surface area is 241 Å². The average Bonchev–Trinajstić information content (AvgIpc) is 3.66. The minimum atomic E-state index is -0.934. The van der Waals surface area contributed by atoms with E-state index in [-0.39, 0.29) is 27.4 Å². The van der Waals surface area contributed by atoms with Gasteiger partial charge in [-0.2, -0.15) is 4.98 Å². The Hall–Kier alpha value is -3.89. The van der Waals surface area contributed by atoms with E-state index in [0.717, 1.165) is 36.7 Å². The van der Waals surface area contributed by atoms with Gasteiger partial charge in [-0.1, -0.05) is 35.9 Å². The van der Waals surface area contributed by atoms with Gasteiger partial charge in [-0.05, 0) is 61.5 Å². The Balaban J connectivity index is 1.43. The van der Waals surface area contributed by atoms with Crippen LogP contribution in [0.4, 0.5) is 21.0 Å². The lowest BCUT2D eigenvalue weighted by atomic mass is 9.96. The summed E-state index contributed by atoms with van der Waals surface area (Å²) in [6.07, 6.45) is 0.720. The van der Waals surface area contributed by atoms with Gasteiger partial charge in [-0.3, -0.25) is 0 Å². The largest absolute Gasteiger partial charge is 0.508 e. The number of fused-ring (bicyclic) bond motifs is 2. The third kappa shape index (κ3) is 4.19. The number of piperazine rings is 1. The fraction of sp³-hybridized carbons (Fsp3) is 0.367. The van der Waals surface area contributed by atoms with Gasteiger partial charge in [0.15, 0.2) is 5.82 Å². The maximum atomic E-state index is 16.8. The van der Waals surface area contributed by atoms with Gasteiger partial charge in [-0.15, -0.1) is 0 Å². The molecule has 0 radical (unpaired) electrons. The number of carboxylic acid groups (broad SMARTS) is 1. The molecular weight excluding hydrogens is 547 g/mol. The number of anilines is 2. The molecule has 11 heteroatoms. The van der Waals surface area contributed by atoms with Crippen molar-refractivity contribution >= 4 is 51.1 Å².